The van der Waals surface area contributed by atoms with E-state index in [1.165, 1.54) is 45.4 Å². The maximum atomic E-state index is 10.6. The van der Waals surface area contributed by atoms with E-state index in [1.807, 2.05) is 0 Å². The predicted octanol–water partition coefficient (Wildman–Crippen LogP) is 4.65. The van der Waals surface area contributed by atoms with Gasteiger partial charge in [0.15, 0.2) is 0 Å². The van der Waals surface area contributed by atoms with E-state index in [1.54, 1.807) is 5.57 Å². The van der Waals surface area contributed by atoms with Crippen LogP contribution in [0.3, 0.4) is 0 Å². The molecular formula is C18H32O3. The lowest BCUT2D eigenvalue weighted by molar-refractivity contribution is -0.141. The summed E-state index contributed by atoms with van der Waals surface area (Å²) in [4.78, 5) is 10.6. The van der Waals surface area contributed by atoms with Gasteiger partial charge in [0.1, 0.15) is 0 Å². The van der Waals surface area contributed by atoms with Crippen molar-refractivity contribution in [3.63, 3.8) is 0 Å². The molecule has 1 aliphatic rings. The maximum Gasteiger partial charge on any atom is 0.302 e. The van der Waals surface area contributed by atoms with Crippen molar-refractivity contribution in [1.29, 1.82) is 0 Å². The van der Waals surface area contributed by atoms with E-state index in [9.17, 15) is 4.79 Å². The largest absolute Gasteiger partial charge is 0.466 e. The SMILES string of the molecule is CCOC(C)[C@H]1C=C(CCCCCCCOC(C)=O)CC1. The summed E-state index contributed by atoms with van der Waals surface area (Å²) in [6.07, 6.45) is 12.6. The van der Waals surface area contributed by atoms with Crippen molar-refractivity contribution < 1.29 is 14.3 Å². The molecule has 0 bridgehead atoms. The van der Waals surface area contributed by atoms with Crippen molar-refractivity contribution in [2.75, 3.05) is 13.2 Å². The highest BCUT2D eigenvalue weighted by molar-refractivity contribution is 5.65. The second kappa shape index (κ2) is 10.8. The molecule has 2 atom stereocenters. The Morgan fingerprint density at radius 3 is 2.71 bits per heavy atom. The van der Waals surface area contributed by atoms with Crippen LogP contribution < -0.4 is 0 Å². The van der Waals surface area contributed by atoms with Crippen LogP contribution in [0.2, 0.25) is 0 Å². The zero-order valence-electron chi connectivity index (χ0n) is 14.0. The van der Waals surface area contributed by atoms with E-state index in [4.69, 9.17) is 9.47 Å². The lowest BCUT2D eigenvalue weighted by atomic mass is 10.0. The van der Waals surface area contributed by atoms with E-state index in [2.05, 4.69) is 19.9 Å². The highest BCUT2D eigenvalue weighted by Crippen LogP contribution is 2.31. The average molecular weight is 296 g/mol. The fourth-order valence-electron chi connectivity index (χ4n) is 2.99. The molecule has 0 saturated heterocycles. The topological polar surface area (TPSA) is 35.5 Å². The summed E-state index contributed by atoms with van der Waals surface area (Å²) in [6, 6.07) is 0. The van der Waals surface area contributed by atoms with Gasteiger partial charge in [-0.2, -0.15) is 0 Å². The van der Waals surface area contributed by atoms with Gasteiger partial charge in [0.2, 0.25) is 0 Å². The molecule has 0 aromatic heterocycles. The predicted molar refractivity (Wildman–Crippen MR) is 86.2 cm³/mol. The Labute approximate surface area is 130 Å². The Kier molecular flexibility index (Phi) is 9.40. The fourth-order valence-corrected chi connectivity index (χ4v) is 2.99. The molecule has 0 N–H and O–H groups in total. The van der Waals surface area contributed by atoms with Crippen molar-refractivity contribution in [2.24, 2.45) is 5.92 Å². The monoisotopic (exact) mass is 296 g/mol. The van der Waals surface area contributed by atoms with Crippen LogP contribution in [0.1, 0.15) is 72.1 Å². The van der Waals surface area contributed by atoms with E-state index < -0.39 is 0 Å². The van der Waals surface area contributed by atoms with Crippen LogP contribution in [0.5, 0.6) is 0 Å². The summed E-state index contributed by atoms with van der Waals surface area (Å²) < 4.78 is 10.6. The molecule has 122 valence electrons. The zero-order chi connectivity index (χ0) is 15.5. The van der Waals surface area contributed by atoms with Crippen molar-refractivity contribution in [3.8, 4) is 0 Å². The van der Waals surface area contributed by atoms with E-state index in [0.717, 1.165) is 19.4 Å². The standard InChI is InChI=1S/C18H32O3/c1-4-20-15(2)18-12-11-17(14-18)10-8-6-5-7-9-13-21-16(3)19/h14-15,18H,4-13H2,1-3H3/t15?,18-/m1/s1. The van der Waals surface area contributed by atoms with E-state index in [-0.39, 0.29) is 5.97 Å². The second-order valence-electron chi connectivity index (χ2n) is 6.05. The minimum atomic E-state index is -0.168. The van der Waals surface area contributed by atoms with Gasteiger partial charge in [-0.05, 0) is 46.0 Å². The lowest BCUT2D eigenvalue weighted by Gasteiger charge is -2.16. The smallest absolute Gasteiger partial charge is 0.302 e. The Morgan fingerprint density at radius 2 is 2.00 bits per heavy atom. The molecule has 0 heterocycles. The van der Waals surface area contributed by atoms with E-state index in [0.29, 0.717) is 18.6 Å². The van der Waals surface area contributed by atoms with Gasteiger partial charge >= 0.3 is 5.97 Å². The minimum Gasteiger partial charge on any atom is -0.466 e. The summed E-state index contributed by atoms with van der Waals surface area (Å²) in [6.45, 7) is 7.12. The molecule has 0 fully saturated rings. The van der Waals surface area contributed by atoms with Crippen LogP contribution in [0, 0.1) is 5.92 Å². The summed E-state index contributed by atoms with van der Waals surface area (Å²) in [5.41, 5.74) is 1.63. The zero-order valence-corrected chi connectivity index (χ0v) is 14.0. The van der Waals surface area contributed by atoms with Crippen LogP contribution in [-0.4, -0.2) is 25.3 Å². The summed E-state index contributed by atoms with van der Waals surface area (Å²) in [7, 11) is 0. The molecule has 0 aromatic rings. The summed E-state index contributed by atoms with van der Waals surface area (Å²) in [5.74, 6) is 0.461. The molecule has 0 radical (unpaired) electrons. The van der Waals surface area contributed by atoms with Gasteiger partial charge in [0.25, 0.3) is 0 Å². The van der Waals surface area contributed by atoms with Gasteiger partial charge in [0.05, 0.1) is 12.7 Å². The quantitative estimate of drug-likeness (QED) is 0.316. The number of allylic oxidation sites excluding steroid dienone is 1. The summed E-state index contributed by atoms with van der Waals surface area (Å²) >= 11 is 0. The Hall–Kier alpha value is -0.830. The van der Waals surface area contributed by atoms with Crippen LogP contribution in [0.4, 0.5) is 0 Å². The third-order valence-corrected chi connectivity index (χ3v) is 4.23. The third kappa shape index (κ3) is 8.25. The molecule has 3 nitrogen and oxygen atoms in total. The normalized spacial score (nSPS) is 19.4. The Bertz CT molecular complexity index is 322. The number of hydrogen-bond acceptors (Lipinski definition) is 3. The molecule has 0 saturated carbocycles. The van der Waals surface area contributed by atoms with Gasteiger partial charge in [-0.25, -0.2) is 0 Å². The number of unbranched alkanes of at least 4 members (excludes halogenated alkanes) is 4. The van der Waals surface area contributed by atoms with Gasteiger partial charge in [-0.15, -0.1) is 0 Å². The Morgan fingerprint density at radius 1 is 1.29 bits per heavy atom. The van der Waals surface area contributed by atoms with Gasteiger partial charge in [-0.1, -0.05) is 30.9 Å². The molecule has 21 heavy (non-hydrogen) atoms. The first-order chi connectivity index (χ1) is 10.1. The van der Waals surface area contributed by atoms with Gasteiger partial charge < -0.3 is 9.47 Å². The number of esters is 1. The van der Waals surface area contributed by atoms with E-state index >= 15 is 0 Å². The number of carbonyl (C=O) groups excluding carboxylic acids is 1. The van der Waals surface area contributed by atoms with Gasteiger partial charge in [-0.3, -0.25) is 4.79 Å². The average Bonchev–Trinajstić information content (AvgIpc) is 2.90. The molecule has 1 rings (SSSR count). The van der Waals surface area contributed by atoms with Crippen molar-refractivity contribution in [2.45, 2.75) is 78.2 Å². The van der Waals surface area contributed by atoms with Crippen LogP contribution in [0.25, 0.3) is 0 Å². The molecule has 0 amide bonds. The maximum absolute atomic E-state index is 10.6. The first kappa shape index (κ1) is 18.2. The number of rotatable bonds is 11. The van der Waals surface area contributed by atoms with Crippen LogP contribution >= 0.6 is 0 Å². The second-order valence-corrected chi connectivity index (χ2v) is 6.05. The van der Waals surface area contributed by atoms with Crippen LogP contribution in [-0.2, 0) is 14.3 Å². The van der Waals surface area contributed by atoms with Crippen LogP contribution in [0.15, 0.2) is 11.6 Å². The molecule has 1 unspecified atom stereocenters. The highest BCUT2D eigenvalue weighted by atomic mass is 16.5. The molecule has 0 spiro atoms. The summed E-state index contributed by atoms with van der Waals surface area (Å²) in [5, 5.41) is 0. The van der Waals surface area contributed by atoms with Gasteiger partial charge in [0, 0.05) is 19.4 Å². The third-order valence-electron chi connectivity index (χ3n) is 4.23. The first-order valence-electron chi connectivity index (χ1n) is 8.58. The molecule has 1 aliphatic carbocycles. The molecule has 0 aliphatic heterocycles. The van der Waals surface area contributed by atoms with Crippen molar-refractivity contribution in [1.82, 2.24) is 0 Å². The molecule has 0 aromatic carbocycles. The molecular weight excluding hydrogens is 264 g/mol. The molecule has 3 heteroatoms. The highest BCUT2D eigenvalue weighted by Gasteiger charge is 2.21. The minimum absolute atomic E-state index is 0.168. The number of ether oxygens (including phenoxy) is 2. The number of carbonyl (C=O) groups is 1. The fraction of sp³-hybridized carbons (Fsp3) is 0.833. The van der Waals surface area contributed by atoms with Crippen molar-refractivity contribution in [3.05, 3.63) is 11.6 Å². The van der Waals surface area contributed by atoms with Crippen molar-refractivity contribution >= 4 is 5.97 Å². The Balaban J connectivity index is 2.00. The number of hydrogen-bond donors (Lipinski definition) is 0. The lowest BCUT2D eigenvalue weighted by Crippen LogP contribution is -2.16. The first-order valence-corrected chi connectivity index (χ1v) is 8.58.